The van der Waals surface area contributed by atoms with Crippen LogP contribution in [0.4, 0.5) is 4.79 Å². The third-order valence-corrected chi connectivity index (χ3v) is 3.12. The van der Waals surface area contributed by atoms with E-state index in [1.54, 1.807) is 0 Å². The molecule has 1 fully saturated rings. The molecule has 0 saturated carbocycles. The number of carbonyl (C=O) groups excluding carboxylic acids is 2. The third-order valence-electron chi connectivity index (χ3n) is 3.12. The molecule has 4 nitrogen and oxygen atoms in total. The highest BCUT2D eigenvalue weighted by atomic mass is 16.6. The Balaban J connectivity index is 1.84. The number of hydrogen-bond acceptors (Lipinski definition) is 3. The molecule has 0 N–H and O–H groups in total. The maximum absolute atomic E-state index is 11.8. The molecule has 2 rings (SSSR count). The largest absolute Gasteiger partial charge is 0.445 e. The zero-order valence-corrected chi connectivity index (χ0v) is 10.4. The first-order valence-electron chi connectivity index (χ1n) is 6.22. The monoisotopic (exact) mass is 247 g/mol. The minimum Gasteiger partial charge on any atom is -0.445 e. The Morgan fingerprint density at radius 2 is 2.11 bits per heavy atom. The lowest BCUT2D eigenvalue weighted by molar-refractivity contribution is -0.108. The van der Waals surface area contributed by atoms with Crippen LogP contribution in [0.15, 0.2) is 30.3 Å². The minimum atomic E-state index is -0.394. The molecule has 18 heavy (non-hydrogen) atoms. The molecule has 0 spiro atoms. The molecule has 0 radical (unpaired) electrons. The molecule has 1 aromatic rings. The molecular weight excluding hydrogens is 230 g/mol. The average Bonchev–Trinajstić information content (AvgIpc) is 3.11. The van der Waals surface area contributed by atoms with E-state index >= 15 is 0 Å². The van der Waals surface area contributed by atoms with Crippen LogP contribution in [0.25, 0.3) is 0 Å². The van der Waals surface area contributed by atoms with Crippen LogP contribution in [-0.2, 0) is 16.1 Å². The number of ether oxygens (including phenoxy) is 1. The lowest BCUT2D eigenvalue weighted by Gasteiger charge is -2.06. The second kappa shape index (κ2) is 5.67. The SMILES string of the molecule is CCC[C@H]1[C@H](C=O)N1C(=O)OCc1ccccc1. The summed E-state index contributed by atoms with van der Waals surface area (Å²) in [6.45, 7) is 2.29. The van der Waals surface area contributed by atoms with Crippen molar-refractivity contribution >= 4 is 12.4 Å². The summed E-state index contributed by atoms with van der Waals surface area (Å²) in [6, 6.07) is 9.26. The Labute approximate surface area is 107 Å². The minimum absolute atomic E-state index is 0.0378. The van der Waals surface area contributed by atoms with Gasteiger partial charge in [-0.3, -0.25) is 4.90 Å². The number of benzene rings is 1. The fourth-order valence-electron chi connectivity index (χ4n) is 2.11. The molecule has 1 aliphatic heterocycles. The molecule has 0 unspecified atom stereocenters. The van der Waals surface area contributed by atoms with E-state index in [4.69, 9.17) is 4.74 Å². The maximum atomic E-state index is 11.8. The summed E-state index contributed by atoms with van der Waals surface area (Å²) in [6.07, 6.45) is 2.24. The van der Waals surface area contributed by atoms with E-state index in [0.29, 0.717) is 0 Å². The standard InChI is InChI=1S/C14H17NO3/c1-2-6-12-13(9-16)15(12)14(17)18-10-11-7-4-3-5-8-11/h3-5,7-9,12-13H,2,6,10H2,1H3/t12-,13-,15?/m0/s1. The average molecular weight is 247 g/mol. The Hall–Kier alpha value is -1.84. The van der Waals surface area contributed by atoms with E-state index in [2.05, 4.69) is 0 Å². The molecule has 1 aromatic carbocycles. The van der Waals surface area contributed by atoms with Crippen molar-refractivity contribution in [3.63, 3.8) is 0 Å². The number of carbonyl (C=O) groups is 2. The molecule has 0 bridgehead atoms. The highest BCUT2D eigenvalue weighted by Gasteiger charge is 2.51. The van der Waals surface area contributed by atoms with Gasteiger partial charge in [0.1, 0.15) is 18.9 Å². The van der Waals surface area contributed by atoms with Crippen molar-refractivity contribution < 1.29 is 14.3 Å². The Kier molecular flexibility index (Phi) is 3.97. The summed E-state index contributed by atoms with van der Waals surface area (Å²) in [5.74, 6) is 0. The Morgan fingerprint density at radius 1 is 1.39 bits per heavy atom. The Bertz CT molecular complexity index is 418. The first-order valence-corrected chi connectivity index (χ1v) is 6.22. The van der Waals surface area contributed by atoms with E-state index in [1.165, 1.54) is 4.90 Å². The Morgan fingerprint density at radius 3 is 2.72 bits per heavy atom. The smallest absolute Gasteiger partial charge is 0.411 e. The lowest BCUT2D eigenvalue weighted by Crippen LogP contribution is -2.16. The van der Waals surface area contributed by atoms with Gasteiger partial charge in [0.2, 0.25) is 0 Å². The van der Waals surface area contributed by atoms with Gasteiger partial charge in [0, 0.05) is 0 Å². The van der Waals surface area contributed by atoms with Crippen LogP contribution in [0, 0.1) is 0 Å². The van der Waals surface area contributed by atoms with Gasteiger partial charge in [-0.25, -0.2) is 4.79 Å². The highest BCUT2D eigenvalue weighted by molar-refractivity contribution is 5.80. The second-order valence-electron chi connectivity index (χ2n) is 4.43. The third kappa shape index (κ3) is 2.70. The van der Waals surface area contributed by atoms with Crippen molar-refractivity contribution in [1.82, 2.24) is 4.90 Å². The van der Waals surface area contributed by atoms with Crippen molar-refractivity contribution in [3.8, 4) is 0 Å². The van der Waals surface area contributed by atoms with Crippen molar-refractivity contribution in [2.45, 2.75) is 38.5 Å². The first-order chi connectivity index (χ1) is 8.77. The predicted octanol–water partition coefficient (Wildman–Crippen LogP) is 2.38. The molecule has 4 heteroatoms. The van der Waals surface area contributed by atoms with Crippen molar-refractivity contribution in [2.75, 3.05) is 0 Å². The summed E-state index contributed by atoms with van der Waals surface area (Å²) >= 11 is 0. The van der Waals surface area contributed by atoms with E-state index in [-0.39, 0.29) is 18.7 Å². The number of amides is 1. The molecule has 2 atom stereocenters. The molecule has 1 heterocycles. The molecule has 1 saturated heterocycles. The molecule has 0 aliphatic carbocycles. The molecule has 96 valence electrons. The normalized spacial score (nSPS) is 21.5. The molecular formula is C14H17NO3. The van der Waals surface area contributed by atoms with Crippen molar-refractivity contribution in [3.05, 3.63) is 35.9 Å². The van der Waals surface area contributed by atoms with Gasteiger partial charge in [-0.05, 0) is 12.0 Å². The van der Waals surface area contributed by atoms with Crippen molar-refractivity contribution in [1.29, 1.82) is 0 Å². The van der Waals surface area contributed by atoms with Crippen LogP contribution in [0.5, 0.6) is 0 Å². The predicted molar refractivity (Wildman–Crippen MR) is 67.0 cm³/mol. The van der Waals surface area contributed by atoms with Gasteiger partial charge in [-0.1, -0.05) is 43.7 Å². The van der Waals surface area contributed by atoms with Crippen LogP contribution in [0.1, 0.15) is 25.3 Å². The summed E-state index contributed by atoms with van der Waals surface area (Å²) < 4.78 is 5.19. The summed E-state index contributed by atoms with van der Waals surface area (Å²) in [7, 11) is 0. The van der Waals surface area contributed by atoms with Gasteiger partial charge in [0.25, 0.3) is 0 Å². The quantitative estimate of drug-likeness (QED) is 0.593. The van der Waals surface area contributed by atoms with Crippen LogP contribution < -0.4 is 0 Å². The maximum Gasteiger partial charge on any atom is 0.411 e. The van der Waals surface area contributed by atoms with Gasteiger partial charge in [0.05, 0.1) is 6.04 Å². The molecule has 0 aromatic heterocycles. The van der Waals surface area contributed by atoms with E-state index in [9.17, 15) is 9.59 Å². The first kappa shape index (κ1) is 12.6. The van der Waals surface area contributed by atoms with E-state index in [0.717, 1.165) is 24.7 Å². The zero-order chi connectivity index (χ0) is 13.0. The van der Waals surface area contributed by atoms with Crippen molar-refractivity contribution in [2.24, 2.45) is 0 Å². The van der Waals surface area contributed by atoms with Gasteiger partial charge < -0.3 is 9.53 Å². The van der Waals surface area contributed by atoms with E-state index < -0.39 is 6.09 Å². The molecule has 1 amide bonds. The summed E-state index contributed by atoms with van der Waals surface area (Å²) in [4.78, 5) is 24.1. The van der Waals surface area contributed by atoms with Crippen LogP contribution in [0.2, 0.25) is 0 Å². The second-order valence-corrected chi connectivity index (χ2v) is 4.43. The number of aldehydes is 1. The topological polar surface area (TPSA) is 46.4 Å². The summed E-state index contributed by atoms with van der Waals surface area (Å²) in [5, 5.41) is 0. The highest BCUT2D eigenvalue weighted by Crippen LogP contribution is 2.31. The van der Waals surface area contributed by atoms with Crippen LogP contribution >= 0.6 is 0 Å². The van der Waals surface area contributed by atoms with Gasteiger partial charge in [-0.2, -0.15) is 0 Å². The van der Waals surface area contributed by atoms with Gasteiger partial charge in [-0.15, -0.1) is 0 Å². The lowest BCUT2D eigenvalue weighted by atomic mass is 10.2. The van der Waals surface area contributed by atoms with Gasteiger partial charge in [0.15, 0.2) is 0 Å². The number of hydrogen-bond donors (Lipinski definition) is 0. The van der Waals surface area contributed by atoms with Crippen LogP contribution in [-0.4, -0.2) is 29.4 Å². The van der Waals surface area contributed by atoms with Gasteiger partial charge >= 0.3 is 6.09 Å². The zero-order valence-electron chi connectivity index (χ0n) is 10.4. The molecule has 1 aliphatic rings. The summed E-state index contributed by atoms with van der Waals surface area (Å²) in [5.41, 5.74) is 0.947. The number of rotatable bonds is 5. The number of nitrogens with zero attached hydrogens (tertiary/aromatic N) is 1. The fraction of sp³-hybridized carbons (Fsp3) is 0.429. The van der Waals surface area contributed by atoms with Crippen LogP contribution in [0.3, 0.4) is 0 Å². The van der Waals surface area contributed by atoms with E-state index in [1.807, 2.05) is 37.3 Å². The fourth-order valence-corrected chi connectivity index (χ4v) is 2.11.